The summed E-state index contributed by atoms with van der Waals surface area (Å²) in [5.74, 6) is 6.35. The molecule has 0 saturated carbocycles. The van der Waals surface area contributed by atoms with Crippen molar-refractivity contribution in [3.63, 3.8) is 0 Å². The molecule has 1 aromatic carbocycles. The first-order chi connectivity index (χ1) is 9.25. The fourth-order valence-electron chi connectivity index (χ4n) is 2.31. The molecule has 1 saturated heterocycles. The van der Waals surface area contributed by atoms with Crippen LogP contribution in [0.1, 0.15) is 37.7 Å². The van der Waals surface area contributed by atoms with E-state index in [1.807, 2.05) is 12.1 Å². The van der Waals surface area contributed by atoms with Crippen LogP contribution in [0, 0.1) is 11.8 Å². The van der Waals surface area contributed by atoms with Crippen molar-refractivity contribution < 1.29 is 0 Å². The number of nitrogens with zero attached hydrogens (tertiary/aromatic N) is 1. The molecule has 0 N–H and O–H groups in total. The summed E-state index contributed by atoms with van der Waals surface area (Å²) in [5, 5.41) is 1.15. The lowest BCUT2D eigenvalue weighted by atomic mass is 10.1. The molecule has 2 rings (SSSR count). The van der Waals surface area contributed by atoms with Gasteiger partial charge < -0.3 is 4.90 Å². The second-order valence-electron chi connectivity index (χ2n) is 4.94. The van der Waals surface area contributed by atoms with Crippen molar-refractivity contribution >= 4 is 23.2 Å². The van der Waals surface area contributed by atoms with E-state index in [1.165, 1.54) is 38.9 Å². The van der Waals surface area contributed by atoms with Gasteiger partial charge in [0.05, 0.1) is 10.0 Å². The smallest absolute Gasteiger partial charge is 0.0604 e. The van der Waals surface area contributed by atoms with Crippen LogP contribution in [0.15, 0.2) is 18.2 Å². The Morgan fingerprint density at radius 2 is 1.84 bits per heavy atom. The lowest BCUT2D eigenvalue weighted by Crippen LogP contribution is -2.30. The number of halogens is 2. The van der Waals surface area contributed by atoms with Gasteiger partial charge in [-0.25, -0.2) is 0 Å². The second-order valence-corrected chi connectivity index (χ2v) is 5.75. The molecule has 0 spiro atoms. The predicted molar refractivity (Wildman–Crippen MR) is 82.9 cm³/mol. The maximum Gasteiger partial charge on any atom is 0.0604 e. The minimum Gasteiger partial charge on any atom is -0.303 e. The van der Waals surface area contributed by atoms with Crippen molar-refractivity contribution in [2.24, 2.45) is 0 Å². The fourth-order valence-corrected chi connectivity index (χ4v) is 2.61. The summed E-state index contributed by atoms with van der Waals surface area (Å²) >= 11 is 11.8. The number of hydrogen-bond donors (Lipinski definition) is 0. The van der Waals surface area contributed by atoms with Gasteiger partial charge in [0.25, 0.3) is 0 Å². The van der Waals surface area contributed by atoms with Gasteiger partial charge in [-0.15, -0.1) is 0 Å². The number of benzene rings is 1. The molecule has 0 atom stereocenters. The topological polar surface area (TPSA) is 3.24 Å². The van der Waals surface area contributed by atoms with E-state index in [0.717, 1.165) is 18.4 Å². The third-order valence-electron chi connectivity index (χ3n) is 3.38. The van der Waals surface area contributed by atoms with E-state index in [1.54, 1.807) is 6.07 Å². The van der Waals surface area contributed by atoms with Crippen molar-refractivity contribution in [2.45, 2.75) is 32.1 Å². The highest BCUT2D eigenvalue weighted by atomic mass is 35.5. The predicted octanol–water partition coefficient (Wildman–Crippen LogP) is 4.61. The third-order valence-corrected chi connectivity index (χ3v) is 4.12. The first-order valence-electron chi connectivity index (χ1n) is 6.92. The number of likely N-dealkylation sites (tertiary alicyclic amines) is 1. The van der Waals surface area contributed by atoms with Gasteiger partial charge >= 0.3 is 0 Å². The zero-order chi connectivity index (χ0) is 13.5. The van der Waals surface area contributed by atoms with Crippen LogP contribution in [-0.2, 0) is 0 Å². The lowest BCUT2D eigenvalue weighted by molar-refractivity contribution is 0.227. The molecule has 1 fully saturated rings. The van der Waals surface area contributed by atoms with Crippen LogP contribution in [-0.4, -0.2) is 24.5 Å². The van der Waals surface area contributed by atoms with Crippen LogP contribution >= 0.6 is 23.2 Å². The minimum atomic E-state index is 0.571. The van der Waals surface area contributed by atoms with E-state index < -0.39 is 0 Å². The van der Waals surface area contributed by atoms with Gasteiger partial charge in [0.2, 0.25) is 0 Å². The highest BCUT2D eigenvalue weighted by molar-refractivity contribution is 6.42. The van der Waals surface area contributed by atoms with E-state index in [9.17, 15) is 0 Å². The molecule has 0 unspecified atom stereocenters. The molecule has 3 heteroatoms. The third kappa shape index (κ3) is 5.07. The SMILES string of the molecule is Clc1ccc(C#CCCCN2CCCCC2)cc1Cl. The molecule has 1 aliphatic heterocycles. The standard InChI is InChI=1S/C16H19Cl2N/c17-15-9-8-14(13-16(15)18)7-3-1-4-10-19-11-5-2-6-12-19/h8-9,13H,1-2,4-6,10-12H2. The summed E-state index contributed by atoms with van der Waals surface area (Å²) in [6.07, 6.45) is 6.20. The molecular weight excluding hydrogens is 277 g/mol. The van der Waals surface area contributed by atoms with Gasteiger partial charge in [-0.1, -0.05) is 41.5 Å². The molecule has 19 heavy (non-hydrogen) atoms. The molecule has 0 aromatic heterocycles. The first-order valence-corrected chi connectivity index (χ1v) is 7.67. The van der Waals surface area contributed by atoms with Gasteiger partial charge in [-0.05, 0) is 57.1 Å². The largest absolute Gasteiger partial charge is 0.303 e. The molecule has 0 bridgehead atoms. The van der Waals surface area contributed by atoms with E-state index in [0.29, 0.717) is 10.0 Å². The number of hydrogen-bond acceptors (Lipinski definition) is 1. The monoisotopic (exact) mass is 295 g/mol. The van der Waals surface area contributed by atoms with Crippen molar-refractivity contribution in [3.05, 3.63) is 33.8 Å². The van der Waals surface area contributed by atoms with Crippen LogP contribution in [0.2, 0.25) is 10.0 Å². The summed E-state index contributed by atoms with van der Waals surface area (Å²) in [6, 6.07) is 5.52. The maximum absolute atomic E-state index is 5.95. The molecule has 1 aliphatic rings. The highest BCUT2D eigenvalue weighted by Gasteiger charge is 2.08. The lowest BCUT2D eigenvalue weighted by Gasteiger charge is -2.25. The van der Waals surface area contributed by atoms with Crippen LogP contribution in [0.5, 0.6) is 0 Å². The number of rotatable bonds is 3. The molecule has 0 aliphatic carbocycles. The average molecular weight is 296 g/mol. The first kappa shape index (κ1) is 14.7. The van der Waals surface area contributed by atoms with Gasteiger partial charge in [-0.3, -0.25) is 0 Å². The molecule has 1 heterocycles. The summed E-state index contributed by atoms with van der Waals surface area (Å²) in [5.41, 5.74) is 0.937. The molecule has 0 amide bonds. The van der Waals surface area contributed by atoms with Crippen LogP contribution in [0.3, 0.4) is 0 Å². The molecule has 1 aromatic rings. The Labute approximate surface area is 125 Å². The van der Waals surface area contributed by atoms with Crippen LogP contribution in [0.4, 0.5) is 0 Å². The van der Waals surface area contributed by atoms with E-state index in [-0.39, 0.29) is 0 Å². The Morgan fingerprint density at radius 1 is 1.05 bits per heavy atom. The summed E-state index contributed by atoms with van der Waals surface area (Å²) < 4.78 is 0. The van der Waals surface area contributed by atoms with Gasteiger partial charge in [0.15, 0.2) is 0 Å². The van der Waals surface area contributed by atoms with Crippen molar-refractivity contribution in [1.29, 1.82) is 0 Å². The minimum absolute atomic E-state index is 0.571. The van der Waals surface area contributed by atoms with Crippen molar-refractivity contribution in [1.82, 2.24) is 4.90 Å². The fraction of sp³-hybridized carbons (Fsp3) is 0.500. The average Bonchev–Trinajstić information content (AvgIpc) is 2.43. The summed E-state index contributed by atoms with van der Waals surface area (Å²) in [7, 11) is 0. The van der Waals surface area contributed by atoms with Crippen LogP contribution < -0.4 is 0 Å². The molecule has 1 nitrogen and oxygen atoms in total. The van der Waals surface area contributed by atoms with Gasteiger partial charge in [0.1, 0.15) is 0 Å². The normalized spacial score (nSPS) is 15.9. The molecular formula is C16H19Cl2N. The Morgan fingerprint density at radius 3 is 2.58 bits per heavy atom. The van der Waals surface area contributed by atoms with Gasteiger partial charge in [-0.2, -0.15) is 0 Å². The Bertz CT molecular complexity index is 467. The molecule has 102 valence electrons. The number of piperidine rings is 1. The molecule has 0 radical (unpaired) electrons. The Balaban J connectivity index is 1.73. The Hall–Kier alpha value is -0.680. The maximum atomic E-state index is 5.95. The number of unbranched alkanes of at least 4 members (excludes halogenated alkanes) is 1. The zero-order valence-electron chi connectivity index (χ0n) is 11.1. The van der Waals surface area contributed by atoms with E-state index in [4.69, 9.17) is 23.2 Å². The quantitative estimate of drug-likeness (QED) is 0.581. The van der Waals surface area contributed by atoms with Crippen molar-refractivity contribution in [2.75, 3.05) is 19.6 Å². The highest BCUT2D eigenvalue weighted by Crippen LogP contribution is 2.22. The van der Waals surface area contributed by atoms with Crippen LogP contribution in [0.25, 0.3) is 0 Å². The zero-order valence-corrected chi connectivity index (χ0v) is 12.6. The van der Waals surface area contributed by atoms with E-state index in [2.05, 4.69) is 16.7 Å². The summed E-state index contributed by atoms with van der Waals surface area (Å²) in [6.45, 7) is 3.70. The van der Waals surface area contributed by atoms with E-state index >= 15 is 0 Å². The van der Waals surface area contributed by atoms with Gasteiger partial charge in [0, 0.05) is 12.0 Å². The Kier molecular flexibility index (Phi) is 6.04. The summed E-state index contributed by atoms with van der Waals surface area (Å²) in [4.78, 5) is 2.55. The second kappa shape index (κ2) is 7.80. The van der Waals surface area contributed by atoms with Crippen molar-refractivity contribution in [3.8, 4) is 11.8 Å².